The maximum Gasteiger partial charge on any atom is 0.169 e. The van der Waals surface area contributed by atoms with Gasteiger partial charge in [-0.3, -0.25) is 0 Å². The van der Waals surface area contributed by atoms with Gasteiger partial charge in [-0.25, -0.2) is 0 Å². The number of hydrogen-bond donors (Lipinski definition) is 1. The van der Waals surface area contributed by atoms with E-state index in [0.29, 0.717) is 0 Å². The van der Waals surface area contributed by atoms with Gasteiger partial charge < -0.3 is 10.2 Å². The minimum atomic E-state index is 0.817. The summed E-state index contributed by atoms with van der Waals surface area (Å²) in [6.07, 6.45) is 7.54. The molecule has 1 aromatic carbocycles. The number of hydrogen-bond acceptors (Lipinski definition) is 1. The minimum absolute atomic E-state index is 0.817. The number of benzene rings is 1. The van der Waals surface area contributed by atoms with E-state index in [-0.39, 0.29) is 0 Å². The van der Waals surface area contributed by atoms with Gasteiger partial charge in [0.25, 0.3) is 0 Å². The third-order valence-corrected chi connectivity index (χ3v) is 4.32. The summed E-state index contributed by atoms with van der Waals surface area (Å²) in [6.45, 7) is 9.58. The van der Waals surface area contributed by atoms with Crippen LogP contribution in [0.2, 0.25) is 0 Å². The first-order chi connectivity index (χ1) is 10.7. The molecule has 0 fully saturated rings. The Labute approximate surface area is 142 Å². The highest BCUT2D eigenvalue weighted by atomic mass is 32.1. The summed E-state index contributed by atoms with van der Waals surface area (Å²) < 4.78 is 0. The Hall–Kier alpha value is -1.09. The van der Waals surface area contributed by atoms with E-state index in [9.17, 15) is 0 Å². The van der Waals surface area contributed by atoms with Crippen LogP contribution in [0, 0.1) is 6.92 Å². The maximum absolute atomic E-state index is 5.61. The van der Waals surface area contributed by atoms with Crippen LogP contribution in [0.3, 0.4) is 0 Å². The smallest absolute Gasteiger partial charge is 0.169 e. The molecule has 3 heteroatoms. The van der Waals surface area contributed by atoms with Crippen molar-refractivity contribution >= 4 is 17.3 Å². The van der Waals surface area contributed by atoms with Crippen molar-refractivity contribution in [2.45, 2.75) is 65.8 Å². The van der Waals surface area contributed by atoms with E-state index in [0.717, 1.165) is 24.7 Å². The number of thiocarbonyl (C=S) groups is 1. The van der Waals surface area contributed by atoms with Crippen LogP contribution >= 0.6 is 12.2 Å². The number of nitrogens with one attached hydrogen (secondary N) is 1. The summed E-state index contributed by atoms with van der Waals surface area (Å²) in [5, 5.41) is 4.34. The molecule has 0 radical (unpaired) electrons. The van der Waals surface area contributed by atoms with Gasteiger partial charge in [0, 0.05) is 19.6 Å². The average molecular weight is 321 g/mol. The number of unbranched alkanes of at least 4 members (excludes halogenated alkanes) is 4. The Bertz CT molecular complexity index is 404. The molecule has 1 N–H and O–H groups in total. The topological polar surface area (TPSA) is 15.3 Å². The first kappa shape index (κ1) is 19.0. The second-order valence-corrected chi connectivity index (χ2v) is 6.43. The van der Waals surface area contributed by atoms with Crippen molar-refractivity contribution in [2.75, 3.05) is 13.1 Å². The molecular formula is C19H32N2S. The van der Waals surface area contributed by atoms with Crippen molar-refractivity contribution in [1.82, 2.24) is 10.2 Å². The van der Waals surface area contributed by atoms with E-state index in [4.69, 9.17) is 12.2 Å². The lowest BCUT2D eigenvalue weighted by molar-refractivity contribution is 0.384. The van der Waals surface area contributed by atoms with Crippen molar-refractivity contribution in [1.29, 1.82) is 0 Å². The molecule has 0 bridgehead atoms. The van der Waals surface area contributed by atoms with Crippen LogP contribution in [-0.2, 0) is 6.54 Å². The average Bonchev–Trinajstić information content (AvgIpc) is 2.53. The Kier molecular flexibility index (Phi) is 9.89. The SMILES string of the molecule is CCCCCN(CCCCC)C(=S)NCc1ccc(C)cc1. The molecule has 0 saturated heterocycles. The fourth-order valence-corrected chi connectivity index (χ4v) is 2.67. The summed E-state index contributed by atoms with van der Waals surface area (Å²) in [6, 6.07) is 8.65. The molecule has 0 aliphatic carbocycles. The van der Waals surface area contributed by atoms with Gasteiger partial charge in [0.15, 0.2) is 5.11 Å². The highest BCUT2D eigenvalue weighted by molar-refractivity contribution is 7.80. The van der Waals surface area contributed by atoms with Crippen LogP contribution in [0.5, 0.6) is 0 Å². The monoisotopic (exact) mass is 320 g/mol. The van der Waals surface area contributed by atoms with E-state index in [1.807, 2.05) is 0 Å². The lowest BCUT2D eigenvalue weighted by Crippen LogP contribution is -2.40. The molecule has 0 atom stereocenters. The molecule has 0 saturated carbocycles. The summed E-state index contributed by atoms with van der Waals surface area (Å²) >= 11 is 5.61. The second-order valence-electron chi connectivity index (χ2n) is 6.05. The molecule has 0 heterocycles. The van der Waals surface area contributed by atoms with Gasteiger partial charge in [-0.05, 0) is 37.5 Å². The largest absolute Gasteiger partial charge is 0.358 e. The molecule has 1 aromatic rings. The molecule has 22 heavy (non-hydrogen) atoms. The first-order valence-electron chi connectivity index (χ1n) is 8.75. The number of rotatable bonds is 10. The Balaban J connectivity index is 2.44. The van der Waals surface area contributed by atoms with Crippen LogP contribution in [0.25, 0.3) is 0 Å². The molecule has 0 aliphatic heterocycles. The van der Waals surface area contributed by atoms with Crippen LogP contribution < -0.4 is 5.32 Å². The highest BCUT2D eigenvalue weighted by Gasteiger charge is 2.08. The maximum atomic E-state index is 5.61. The zero-order chi connectivity index (χ0) is 16.2. The van der Waals surface area contributed by atoms with E-state index in [1.54, 1.807) is 0 Å². The predicted octanol–water partition coefficient (Wildman–Crippen LogP) is 5.05. The lowest BCUT2D eigenvalue weighted by Gasteiger charge is -2.26. The summed E-state index contributed by atoms with van der Waals surface area (Å²) in [5.74, 6) is 0. The number of aryl methyl sites for hydroxylation is 1. The standard InChI is InChI=1S/C19H32N2S/c1-4-6-8-14-21(15-9-7-5-2)19(22)20-16-18-12-10-17(3)11-13-18/h10-13H,4-9,14-16H2,1-3H3,(H,20,22). The van der Waals surface area contributed by atoms with Crippen molar-refractivity contribution in [3.8, 4) is 0 Å². The first-order valence-corrected chi connectivity index (χ1v) is 9.16. The zero-order valence-corrected chi connectivity index (χ0v) is 15.3. The quantitative estimate of drug-likeness (QED) is 0.479. The molecule has 1 rings (SSSR count). The molecule has 0 unspecified atom stereocenters. The van der Waals surface area contributed by atoms with Gasteiger partial charge in [0.1, 0.15) is 0 Å². The Morgan fingerprint density at radius 1 is 0.955 bits per heavy atom. The lowest BCUT2D eigenvalue weighted by atomic mass is 10.1. The summed E-state index contributed by atoms with van der Waals surface area (Å²) in [4.78, 5) is 2.36. The fraction of sp³-hybridized carbons (Fsp3) is 0.632. The van der Waals surface area contributed by atoms with Gasteiger partial charge in [-0.1, -0.05) is 69.4 Å². The molecule has 0 spiro atoms. The molecule has 0 aromatic heterocycles. The van der Waals surface area contributed by atoms with E-state index in [2.05, 4.69) is 55.3 Å². The third kappa shape index (κ3) is 7.79. The van der Waals surface area contributed by atoms with Crippen molar-refractivity contribution in [3.63, 3.8) is 0 Å². The Morgan fingerprint density at radius 2 is 1.50 bits per heavy atom. The zero-order valence-electron chi connectivity index (χ0n) is 14.5. The van der Waals surface area contributed by atoms with Gasteiger partial charge in [0.2, 0.25) is 0 Å². The number of nitrogens with zero attached hydrogens (tertiary/aromatic N) is 1. The normalized spacial score (nSPS) is 10.5. The van der Waals surface area contributed by atoms with Crippen LogP contribution in [0.1, 0.15) is 63.5 Å². The molecule has 0 aliphatic rings. The predicted molar refractivity (Wildman–Crippen MR) is 101 cm³/mol. The molecule has 0 amide bonds. The highest BCUT2D eigenvalue weighted by Crippen LogP contribution is 2.06. The van der Waals surface area contributed by atoms with Crippen LogP contribution in [0.15, 0.2) is 24.3 Å². The second kappa shape index (κ2) is 11.5. The Morgan fingerprint density at radius 3 is 2.00 bits per heavy atom. The summed E-state index contributed by atoms with van der Waals surface area (Å²) in [5.41, 5.74) is 2.59. The van der Waals surface area contributed by atoms with E-state index < -0.39 is 0 Å². The van der Waals surface area contributed by atoms with Gasteiger partial charge in [-0.2, -0.15) is 0 Å². The van der Waals surface area contributed by atoms with Crippen molar-refractivity contribution < 1.29 is 0 Å². The van der Waals surface area contributed by atoms with Crippen LogP contribution in [0.4, 0.5) is 0 Å². The summed E-state index contributed by atoms with van der Waals surface area (Å²) in [7, 11) is 0. The third-order valence-electron chi connectivity index (χ3n) is 3.91. The van der Waals surface area contributed by atoms with Gasteiger partial charge in [0.05, 0.1) is 0 Å². The van der Waals surface area contributed by atoms with Crippen molar-refractivity contribution in [3.05, 3.63) is 35.4 Å². The van der Waals surface area contributed by atoms with Gasteiger partial charge in [-0.15, -0.1) is 0 Å². The fourth-order valence-electron chi connectivity index (χ4n) is 2.42. The van der Waals surface area contributed by atoms with Crippen molar-refractivity contribution in [2.24, 2.45) is 0 Å². The van der Waals surface area contributed by atoms with Gasteiger partial charge >= 0.3 is 0 Å². The minimum Gasteiger partial charge on any atom is -0.358 e. The van der Waals surface area contributed by atoms with E-state index >= 15 is 0 Å². The van der Waals surface area contributed by atoms with Crippen LogP contribution in [-0.4, -0.2) is 23.1 Å². The molecule has 2 nitrogen and oxygen atoms in total. The van der Waals surface area contributed by atoms with E-state index in [1.165, 1.54) is 49.7 Å². The molecule has 124 valence electrons. The molecular weight excluding hydrogens is 288 g/mol.